The number of rotatable bonds is 3. The van der Waals surface area contributed by atoms with Crippen molar-refractivity contribution < 1.29 is 4.79 Å². The summed E-state index contributed by atoms with van der Waals surface area (Å²) in [7, 11) is 1.85. The van der Waals surface area contributed by atoms with Crippen LogP contribution in [0.2, 0.25) is 0 Å². The van der Waals surface area contributed by atoms with Crippen molar-refractivity contribution in [1.29, 1.82) is 0 Å². The summed E-state index contributed by atoms with van der Waals surface area (Å²) >= 11 is 1.39. The molecule has 1 aliphatic rings. The largest absolute Gasteiger partial charge is 0.351 e. The van der Waals surface area contributed by atoms with Crippen LogP contribution in [0.1, 0.15) is 15.4 Å². The van der Waals surface area contributed by atoms with E-state index in [-0.39, 0.29) is 11.9 Å². The molecule has 9 heteroatoms. The molecule has 0 spiro atoms. The fourth-order valence-electron chi connectivity index (χ4n) is 2.61. The van der Waals surface area contributed by atoms with Crippen LogP contribution in [0.4, 0.5) is 5.82 Å². The number of aromatic nitrogens is 5. The molecule has 1 aliphatic heterocycles. The van der Waals surface area contributed by atoms with Crippen LogP contribution in [0, 0.1) is 6.92 Å². The molecule has 0 aliphatic carbocycles. The Morgan fingerprint density at radius 2 is 2.22 bits per heavy atom. The van der Waals surface area contributed by atoms with Crippen LogP contribution < -0.4 is 4.90 Å². The van der Waals surface area contributed by atoms with Gasteiger partial charge in [0.05, 0.1) is 17.2 Å². The minimum absolute atomic E-state index is 0.0388. The van der Waals surface area contributed by atoms with E-state index in [9.17, 15) is 4.79 Å². The maximum atomic E-state index is 12.5. The molecule has 3 aromatic heterocycles. The molecule has 118 valence electrons. The van der Waals surface area contributed by atoms with Gasteiger partial charge in [-0.25, -0.2) is 4.98 Å². The van der Waals surface area contributed by atoms with Gasteiger partial charge in [0.15, 0.2) is 5.65 Å². The Kier molecular flexibility index (Phi) is 3.22. The minimum Gasteiger partial charge on any atom is -0.351 e. The molecule has 23 heavy (non-hydrogen) atoms. The second-order valence-electron chi connectivity index (χ2n) is 5.57. The Labute approximate surface area is 136 Å². The predicted molar refractivity (Wildman–Crippen MR) is 85.7 cm³/mol. The van der Waals surface area contributed by atoms with E-state index in [0.717, 1.165) is 35.1 Å². The third-order valence-electron chi connectivity index (χ3n) is 4.14. The van der Waals surface area contributed by atoms with Crippen LogP contribution in [0.25, 0.3) is 5.65 Å². The molecule has 8 nitrogen and oxygen atoms in total. The van der Waals surface area contributed by atoms with E-state index in [1.54, 1.807) is 21.3 Å². The van der Waals surface area contributed by atoms with Crippen molar-refractivity contribution in [1.82, 2.24) is 29.7 Å². The van der Waals surface area contributed by atoms with Gasteiger partial charge >= 0.3 is 0 Å². The number of carbonyl (C=O) groups excluding carboxylic acids is 1. The number of amides is 1. The Balaban J connectivity index is 1.44. The predicted octanol–water partition coefficient (Wildman–Crippen LogP) is 0.850. The van der Waals surface area contributed by atoms with E-state index in [2.05, 4.69) is 25.2 Å². The second kappa shape index (κ2) is 5.27. The SMILES string of the molecule is Cc1ncsc1C(=O)N(C)C1CN(c2ccc3nncn3n2)C1. The topological polar surface area (TPSA) is 79.5 Å². The first-order valence-corrected chi connectivity index (χ1v) is 8.10. The van der Waals surface area contributed by atoms with Gasteiger partial charge in [0.1, 0.15) is 17.0 Å². The Bertz CT molecular complexity index is 867. The van der Waals surface area contributed by atoms with E-state index >= 15 is 0 Å². The fraction of sp³-hybridized carbons (Fsp3) is 0.357. The van der Waals surface area contributed by atoms with Gasteiger partial charge in [-0.05, 0) is 19.1 Å². The summed E-state index contributed by atoms with van der Waals surface area (Å²) < 4.78 is 1.65. The highest BCUT2D eigenvalue weighted by atomic mass is 32.1. The van der Waals surface area contributed by atoms with E-state index < -0.39 is 0 Å². The number of carbonyl (C=O) groups is 1. The van der Waals surface area contributed by atoms with Gasteiger partial charge in [0, 0.05) is 20.1 Å². The Hall–Kier alpha value is -2.55. The number of aryl methyl sites for hydroxylation is 1. The third-order valence-corrected chi connectivity index (χ3v) is 5.06. The van der Waals surface area contributed by atoms with Crippen molar-refractivity contribution >= 4 is 28.7 Å². The number of thiazole rings is 1. The van der Waals surface area contributed by atoms with Gasteiger partial charge in [-0.1, -0.05) is 0 Å². The van der Waals surface area contributed by atoms with Crippen LogP contribution in [0.5, 0.6) is 0 Å². The summed E-state index contributed by atoms with van der Waals surface area (Å²) in [6.45, 7) is 3.39. The van der Waals surface area contributed by atoms with E-state index in [1.807, 2.05) is 26.1 Å². The summed E-state index contributed by atoms with van der Waals surface area (Å²) in [6.07, 6.45) is 1.58. The first kappa shape index (κ1) is 14.1. The molecule has 0 saturated carbocycles. The van der Waals surface area contributed by atoms with Gasteiger partial charge in [0.2, 0.25) is 0 Å². The van der Waals surface area contributed by atoms with E-state index in [0.29, 0.717) is 0 Å². The maximum Gasteiger partial charge on any atom is 0.265 e. The van der Waals surface area contributed by atoms with E-state index in [4.69, 9.17) is 0 Å². The van der Waals surface area contributed by atoms with Crippen LogP contribution in [0.15, 0.2) is 24.0 Å². The van der Waals surface area contributed by atoms with Gasteiger partial charge in [-0.3, -0.25) is 4.79 Å². The number of anilines is 1. The lowest BCUT2D eigenvalue weighted by atomic mass is 10.1. The second-order valence-corrected chi connectivity index (χ2v) is 6.42. The normalized spacial score (nSPS) is 15.0. The number of nitrogens with zero attached hydrogens (tertiary/aromatic N) is 7. The van der Waals surface area contributed by atoms with Crippen molar-refractivity contribution in [2.45, 2.75) is 13.0 Å². The molecule has 0 unspecified atom stereocenters. The fourth-order valence-corrected chi connectivity index (χ4v) is 3.39. The van der Waals surface area contributed by atoms with Crippen molar-refractivity contribution in [2.24, 2.45) is 0 Å². The standard InChI is InChI=1S/C14H15N7OS/c1-9-13(23-8-15-9)14(22)19(2)10-5-20(6-10)12-4-3-11-17-16-7-21(11)18-12/h3-4,7-8,10H,5-6H2,1-2H3. The average Bonchev–Trinajstić information content (AvgIpc) is 3.12. The van der Waals surface area contributed by atoms with E-state index in [1.165, 1.54) is 11.3 Å². The zero-order valence-electron chi connectivity index (χ0n) is 12.7. The number of likely N-dealkylation sites (N-methyl/N-ethyl adjacent to an activating group) is 1. The molecule has 4 heterocycles. The molecule has 1 fully saturated rings. The summed E-state index contributed by atoms with van der Waals surface area (Å²) in [5.74, 6) is 0.903. The summed E-state index contributed by atoms with van der Waals surface area (Å²) in [6, 6.07) is 4.00. The van der Waals surface area contributed by atoms with Gasteiger partial charge in [-0.2, -0.15) is 4.52 Å². The quantitative estimate of drug-likeness (QED) is 0.709. The summed E-state index contributed by atoms with van der Waals surface area (Å²) in [5, 5.41) is 12.2. The molecule has 3 aromatic rings. The van der Waals surface area contributed by atoms with Crippen molar-refractivity contribution in [2.75, 3.05) is 25.0 Å². The Morgan fingerprint density at radius 1 is 1.39 bits per heavy atom. The lowest BCUT2D eigenvalue weighted by molar-refractivity contribution is 0.0709. The molecule has 1 amide bonds. The smallest absolute Gasteiger partial charge is 0.265 e. The highest BCUT2D eigenvalue weighted by molar-refractivity contribution is 7.11. The monoisotopic (exact) mass is 329 g/mol. The van der Waals surface area contributed by atoms with Crippen LogP contribution in [-0.4, -0.2) is 61.8 Å². The molecule has 1 saturated heterocycles. The molecular weight excluding hydrogens is 314 g/mol. The summed E-state index contributed by atoms with van der Waals surface area (Å²) in [5.41, 5.74) is 3.23. The molecule has 4 rings (SSSR count). The lowest BCUT2D eigenvalue weighted by Gasteiger charge is -2.44. The van der Waals surface area contributed by atoms with Gasteiger partial charge in [0.25, 0.3) is 5.91 Å². The molecule has 0 bridgehead atoms. The number of hydrogen-bond donors (Lipinski definition) is 0. The first-order valence-electron chi connectivity index (χ1n) is 7.23. The van der Waals surface area contributed by atoms with Crippen molar-refractivity contribution in [3.63, 3.8) is 0 Å². The average molecular weight is 329 g/mol. The zero-order valence-corrected chi connectivity index (χ0v) is 13.6. The first-order chi connectivity index (χ1) is 11.1. The van der Waals surface area contributed by atoms with Crippen molar-refractivity contribution in [3.8, 4) is 0 Å². The van der Waals surface area contributed by atoms with Crippen molar-refractivity contribution in [3.05, 3.63) is 34.5 Å². The van der Waals surface area contributed by atoms with Gasteiger partial charge in [-0.15, -0.1) is 26.6 Å². The molecule has 0 atom stereocenters. The molecule has 0 aromatic carbocycles. The molecule has 0 radical (unpaired) electrons. The highest BCUT2D eigenvalue weighted by Gasteiger charge is 2.34. The third kappa shape index (κ3) is 2.33. The summed E-state index contributed by atoms with van der Waals surface area (Å²) in [4.78, 5) is 21.3. The highest BCUT2D eigenvalue weighted by Crippen LogP contribution is 2.23. The molecule has 0 N–H and O–H groups in total. The van der Waals surface area contributed by atoms with Crippen LogP contribution >= 0.6 is 11.3 Å². The molecular formula is C14H15N7OS. The van der Waals surface area contributed by atoms with Crippen LogP contribution in [-0.2, 0) is 0 Å². The van der Waals surface area contributed by atoms with Gasteiger partial charge < -0.3 is 9.80 Å². The zero-order chi connectivity index (χ0) is 16.0. The minimum atomic E-state index is 0.0388. The van der Waals surface area contributed by atoms with Crippen LogP contribution in [0.3, 0.4) is 0 Å². The number of fused-ring (bicyclic) bond motifs is 1. The number of hydrogen-bond acceptors (Lipinski definition) is 7. The lowest BCUT2D eigenvalue weighted by Crippen LogP contribution is -2.60. The Morgan fingerprint density at radius 3 is 2.96 bits per heavy atom. The maximum absolute atomic E-state index is 12.5.